The molecule has 0 amide bonds. The lowest BCUT2D eigenvalue weighted by atomic mass is 10.1. The van der Waals surface area contributed by atoms with Crippen molar-refractivity contribution in [3.63, 3.8) is 0 Å². The van der Waals surface area contributed by atoms with E-state index in [1.54, 1.807) is 0 Å². The van der Waals surface area contributed by atoms with Gasteiger partial charge in [-0.05, 0) is 45.9 Å². The van der Waals surface area contributed by atoms with Crippen LogP contribution >= 0.6 is 11.3 Å². The van der Waals surface area contributed by atoms with E-state index >= 15 is 0 Å². The molecule has 9 heteroatoms. The van der Waals surface area contributed by atoms with E-state index in [0.29, 0.717) is 22.3 Å². The maximum absolute atomic E-state index is 12.8. The fraction of sp³-hybridized carbons (Fsp3) is 0.650. The minimum absolute atomic E-state index is 0.274. The normalized spacial score (nSPS) is 28.2. The maximum atomic E-state index is 12.8. The molecule has 1 aromatic carbocycles. The first kappa shape index (κ1) is 22.3. The van der Waals surface area contributed by atoms with Crippen molar-refractivity contribution in [3.8, 4) is 0 Å². The highest BCUT2D eigenvalue weighted by Crippen LogP contribution is 2.36. The van der Waals surface area contributed by atoms with Gasteiger partial charge in [-0.2, -0.15) is 13.2 Å². The van der Waals surface area contributed by atoms with E-state index in [1.165, 1.54) is 23.5 Å². The van der Waals surface area contributed by atoms with Crippen LogP contribution in [0.4, 0.5) is 18.3 Å². The molecule has 2 saturated heterocycles. The summed E-state index contributed by atoms with van der Waals surface area (Å²) in [7, 11) is 0. The van der Waals surface area contributed by atoms with Crippen molar-refractivity contribution >= 4 is 26.7 Å². The molecule has 162 valence electrons. The Balaban J connectivity index is 0.000000252. The second kappa shape index (κ2) is 9.16. The second-order valence-electron chi connectivity index (χ2n) is 8.07. The molecule has 3 heterocycles. The van der Waals surface area contributed by atoms with Crippen molar-refractivity contribution in [1.82, 2.24) is 20.9 Å². The molecule has 2 fully saturated rings. The van der Waals surface area contributed by atoms with Crippen LogP contribution in [-0.2, 0) is 6.18 Å². The van der Waals surface area contributed by atoms with Crippen LogP contribution in [0.1, 0.15) is 33.3 Å². The first-order valence-corrected chi connectivity index (χ1v) is 10.9. The largest absolute Gasteiger partial charge is 0.416 e. The summed E-state index contributed by atoms with van der Waals surface area (Å²) >= 11 is 1.33. The number of aromatic nitrogens is 1. The average Bonchev–Trinajstić information content (AvgIpc) is 3.04. The van der Waals surface area contributed by atoms with Crippen LogP contribution in [0, 0.1) is 0 Å². The molecule has 0 radical (unpaired) electrons. The van der Waals surface area contributed by atoms with Gasteiger partial charge in [0.15, 0.2) is 5.13 Å². The third-order valence-electron chi connectivity index (χ3n) is 5.22. The number of hydrogen-bond donors (Lipinski definition) is 3. The molecule has 0 saturated carbocycles. The number of piperazine rings is 2. The number of hydrogen-bond acceptors (Lipinski definition) is 6. The minimum atomic E-state index is -4.31. The predicted molar refractivity (Wildman–Crippen MR) is 114 cm³/mol. The smallest absolute Gasteiger partial charge is 0.340 e. The van der Waals surface area contributed by atoms with Gasteiger partial charge in [-0.15, -0.1) is 0 Å². The summed E-state index contributed by atoms with van der Waals surface area (Å²) in [6.07, 6.45) is -4.31. The molecule has 2 aliphatic heterocycles. The standard InChI is InChI=1S/C14H16F3N3S.C6H14N2/c1-8-6-18-7-9(2)20(8)13-19-11-4-3-10(14(15,16)17)5-12(11)21-13;1-5-3-7-4-6(2)8-5/h3-5,8-9,18H,6-7H2,1-2H3;5-8H,3-4H2,1-2H3/t8-,9+;5-,6+. The zero-order chi connectivity index (χ0) is 21.2. The quantitative estimate of drug-likeness (QED) is 0.648. The van der Waals surface area contributed by atoms with Gasteiger partial charge in [0.05, 0.1) is 15.8 Å². The van der Waals surface area contributed by atoms with E-state index in [9.17, 15) is 13.2 Å². The van der Waals surface area contributed by atoms with Gasteiger partial charge in [0.1, 0.15) is 0 Å². The number of fused-ring (bicyclic) bond motifs is 1. The summed E-state index contributed by atoms with van der Waals surface area (Å²) in [4.78, 5) is 6.70. The van der Waals surface area contributed by atoms with Gasteiger partial charge in [0, 0.05) is 50.3 Å². The topological polar surface area (TPSA) is 52.2 Å². The SMILES string of the molecule is C[C@@H]1CNC[C@H](C)N1.C[C@@H]1CNC[C@H](C)N1c1nc2ccc(C(F)(F)F)cc2s1. The van der Waals surface area contributed by atoms with E-state index in [-0.39, 0.29) is 12.1 Å². The monoisotopic (exact) mass is 429 g/mol. The third-order valence-corrected chi connectivity index (χ3v) is 6.26. The summed E-state index contributed by atoms with van der Waals surface area (Å²) in [5.74, 6) is 0. The molecular formula is C20H30F3N5S. The van der Waals surface area contributed by atoms with Crippen LogP contribution in [0.3, 0.4) is 0 Å². The zero-order valence-electron chi connectivity index (χ0n) is 17.3. The lowest BCUT2D eigenvalue weighted by molar-refractivity contribution is -0.137. The number of halogens is 3. The van der Waals surface area contributed by atoms with Crippen LogP contribution in [0.2, 0.25) is 0 Å². The molecule has 2 aromatic rings. The molecule has 0 spiro atoms. The van der Waals surface area contributed by atoms with Crippen LogP contribution in [-0.4, -0.2) is 55.3 Å². The molecule has 1 aromatic heterocycles. The number of alkyl halides is 3. The van der Waals surface area contributed by atoms with E-state index in [4.69, 9.17) is 0 Å². The Bertz CT molecular complexity index is 791. The maximum Gasteiger partial charge on any atom is 0.416 e. The Morgan fingerprint density at radius 1 is 0.966 bits per heavy atom. The molecule has 29 heavy (non-hydrogen) atoms. The Kier molecular flexibility index (Phi) is 7.03. The molecule has 0 unspecified atom stereocenters. The summed E-state index contributed by atoms with van der Waals surface area (Å²) < 4.78 is 38.9. The number of rotatable bonds is 1. The first-order chi connectivity index (χ1) is 13.6. The van der Waals surface area contributed by atoms with E-state index in [1.807, 2.05) is 0 Å². The molecule has 4 rings (SSSR count). The number of thiazole rings is 1. The Morgan fingerprint density at radius 2 is 1.55 bits per heavy atom. The minimum Gasteiger partial charge on any atom is -0.340 e. The molecular weight excluding hydrogens is 399 g/mol. The highest BCUT2D eigenvalue weighted by Gasteiger charge is 2.31. The third kappa shape index (κ3) is 5.59. The number of nitrogens with zero attached hydrogens (tertiary/aromatic N) is 2. The predicted octanol–water partition coefficient (Wildman–Crippen LogP) is 3.46. The first-order valence-electron chi connectivity index (χ1n) is 10.1. The van der Waals surface area contributed by atoms with Gasteiger partial charge in [0.25, 0.3) is 0 Å². The van der Waals surface area contributed by atoms with Gasteiger partial charge in [-0.1, -0.05) is 11.3 Å². The van der Waals surface area contributed by atoms with Crippen molar-refractivity contribution < 1.29 is 13.2 Å². The number of benzene rings is 1. The van der Waals surface area contributed by atoms with Gasteiger partial charge in [-0.3, -0.25) is 0 Å². The Labute approximate surface area is 174 Å². The van der Waals surface area contributed by atoms with Crippen molar-refractivity contribution in [3.05, 3.63) is 23.8 Å². The summed E-state index contributed by atoms with van der Waals surface area (Å²) in [6.45, 7) is 12.5. The van der Waals surface area contributed by atoms with Gasteiger partial charge < -0.3 is 20.9 Å². The molecule has 5 nitrogen and oxygen atoms in total. The van der Waals surface area contributed by atoms with Crippen molar-refractivity contribution in [2.45, 2.75) is 58.0 Å². The summed E-state index contributed by atoms with van der Waals surface area (Å²) in [5, 5.41) is 10.9. The molecule has 3 N–H and O–H groups in total. The fourth-order valence-electron chi connectivity index (χ4n) is 3.83. The molecule has 0 bridgehead atoms. The zero-order valence-corrected chi connectivity index (χ0v) is 18.1. The van der Waals surface area contributed by atoms with E-state index in [0.717, 1.165) is 37.4 Å². The summed E-state index contributed by atoms with van der Waals surface area (Å²) in [6, 6.07) is 5.59. The molecule has 2 aliphatic rings. The van der Waals surface area contributed by atoms with Gasteiger partial charge >= 0.3 is 6.18 Å². The number of nitrogens with one attached hydrogen (secondary N) is 3. The van der Waals surface area contributed by atoms with Crippen molar-refractivity contribution in [2.75, 3.05) is 31.1 Å². The van der Waals surface area contributed by atoms with E-state index in [2.05, 4.69) is 53.5 Å². The van der Waals surface area contributed by atoms with Crippen LogP contribution < -0.4 is 20.9 Å². The number of anilines is 1. The van der Waals surface area contributed by atoms with Crippen LogP contribution in [0.15, 0.2) is 18.2 Å². The highest BCUT2D eigenvalue weighted by atomic mass is 32.1. The average molecular weight is 430 g/mol. The lowest BCUT2D eigenvalue weighted by Gasteiger charge is -2.39. The highest BCUT2D eigenvalue weighted by molar-refractivity contribution is 7.22. The van der Waals surface area contributed by atoms with Gasteiger partial charge in [-0.25, -0.2) is 4.98 Å². The fourth-order valence-corrected chi connectivity index (χ4v) is 5.04. The van der Waals surface area contributed by atoms with Gasteiger partial charge in [0.2, 0.25) is 0 Å². The Hall–Kier alpha value is -1.42. The molecule has 0 aliphatic carbocycles. The van der Waals surface area contributed by atoms with Crippen LogP contribution in [0.5, 0.6) is 0 Å². The Morgan fingerprint density at radius 3 is 2.07 bits per heavy atom. The van der Waals surface area contributed by atoms with Crippen molar-refractivity contribution in [1.29, 1.82) is 0 Å². The second-order valence-corrected chi connectivity index (χ2v) is 9.08. The molecule has 4 atom stereocenters. The lowest BCUT2D eigenvalue weighted by Crippen LogP contribution is -2.55. The van der Waals surface area contributed by atoms with Crippen LogP contribution in [0.25, 0.3) is 10.2 Å². The summed E-state index contributed by atoms with van der Waals surface area (Å²) in [5.41, 5.74) is 0.00698. The van der Waals surface area contributed by atoms with Crippen molar-refractivity contribution in [2.24, 2.45) is 0 Å². The van der Waals surface area contributed by atoms with E-state index < -0.39 is 11.7 Å².